The molecule has 0 atom stereocenters. The van der Waals surface area contributed by atoms with Crippen LogP contribution >= 0.6 is 0 Å². The number of nitrogens with one attached hydrogen (secondary N) is 1. The summed E-state index contributed by atoms with van der Waals surface area (Å²) in [6, 6.07) is 4.17. The molecular weight excluding hydrogens is 321 g/mol. The Morgan fingerprint density at radius 2 is 1.52 bits per heavy atom. The Labute approximate surface area is 129 Å². The fourth-order valence-electron chi connectivity index (χ4n) is 1.52. The van der Waals surface area contributed by atoms with Crippen LogP contribution in [0.2, 0.25) is 0 Å². The number of hydrogen-bond acceptors (Lipinski definition) is 3. The maximum atomic E-state index is 10.6. The SMILES string of the molecule is C1=CNCC1.Cc1c(C(=O)O)cccc1C(=O)O.F[B-](F)(F)F. The van der Waals surface area contributed by atoms with Gasteiger partial charge in [-0.3, -0.25) is 0 Å². The zero-order valence-corrected chi connectivity index (χ0v) is 12.1. The summed E-state index contributed by atoms with van der Waals surface area (Å²) in [7, 11) is -6.00. The number of carboxylic acid groups (broad SMARTS) is 2. The second-order valence-corrected chi connectivity index (χ2v) is 4.23. The zero-order chi connectivity index (χ0) is 18.0. The molecule has 0 radical (unpaired) electrons. The van der Waals surface area contributed by atoms with Crippen LogP contribution in [0.4, 0.5) is 17.3 Å². The summed E-state index contributed by atoms with van der Waals surface area (Å²) in [6.45, 7) is 2.62. The van der Waals surface area contributed by atoms with Gasteiger partial charge in [0.1, 0.15) is 0 Å². The predicted molar refractivity (Wildman–Crippen MR) is 77.0 cm³/mol. The van der Waals surface area contributed by atoms with Gasteiger partial charge in [-0.25, -0.2) is 9.59 Å². The molecule has 1 aliphatic heterocycles. The molecule has 5 nitrogen and oxygen atoms in total. The molecule has 128 valence electrons. The quantitative estimate of drug-likeness (QED) is 0.570. The van der Waals surface area contributed by atoms with Gasteiger partial charge in [0, 0.05) is 6.54 Å². The Morgan fingerprint density at radius 1 is 1.09 bits per heavy atom. The van der Waals surface area contributed by atoms with Crippen molar-refractivity contribution >= 4 is 19.2 Å². The highest BCUT2D eigenvalue weighted by Crippen LogP contribution is 2.13. The van der Waals surface area contributed by atoms with Crippen molar-refractivity contribution < 1.29 is 37.1 Å². The van der Waals surface area contributed by atoms with Crippen LogP contribution in [0.3, 0.4) is 0 Å². The Morgan fingerprint density at radius 3 is 1.74 bits per heavy atom. The number of carbonyl (C=O) groups is 2. The molecule has 1 aliphatic rings. The van der Waals surface area contributed by atoms with Crippen molar-refractivity contribution in [1.29, 1.82) is 0 Å². The van der Waals surface area contributed by atoms with Crippen LogP contribution in [-0.4, -0.2) is 36.0 Å². The van der Waals surface area contributed by atoms with Gasteiger partial charge in [0.2, 0.25) is 0 Å². The number of carboxylic acids is 2. The minimum atomic E-state index is -6.00. The van der Waals surface area contributed by atoms with Gasteiger partial charge < -0.3 is 32.8 Å². The summed E-state index contributed by atoms with van der Waals surface area (Å²) in [5, 5.41) is 20.4. The van der Waals surface area contributed by atoms with Gasteiger partial charge in [-0.1, -0.05) is 12.1 Å². The number of rotatable bonds is 2. The Hall–Kier alpha value is -2.52. The van der Waals surface area contributed by atoms with Crippen LogP contribution in [-0.2, 0) is 0 Å². The van der Waals surface area contributed by atoms with Gasteiger partial charge in [0.05, 0.1) is 11.1 Å². The normalized spacial score (nSPS) is 12.2. The maximum Gasteiger partial charge on any atom is 0.673 e. The lowest BCUT2D eigenvalue weighted by atomic mass is 10.0. The number of halogens is 4. The van der Waals surface area contributed by atoms with Gasteiger partial charge in [-0.05, 0) is 37.2 Å². The monoisotopic (exact) mass is 336 g/mol. The van der Waals surface area contributed by atoms with E-state index in [0.717, 1.165) is 6.54 Å². The third-order valence-electron chi connectivity index (χ3n) is 2.49. The lowest BCUT2D eigenvalue weighted by molar-refractivity contribution is 0.0696. The van der Waals surface area contributed by atoms with Crippen LogP contribution in [0.5, 0.6) is 0 Å². The number of aromatic carboxylic acids is 2. The van der Waals surface area contributed by atoms with Gasteiger partial charge >= 0.3 is 19.2 Å². The Kier molecular flexibility index (Phi) is 8.45. The number of benzene rings is 1. The highest BCUT2D eigenvalue weighted by Gasteiger charge is 2.20. The first-order valence-corrected chi connectivity index (χ1v) is 6.36. The van der Waals surface area contributed by atoms with Gasteiger partial charge in [-0.2, -0.15) is 0 Å². The Bertz CT molecular complexity index is 531. The zero-order valence-electron chi connectivity index (χ0n) is 12.1. The lowest BCUT2D eigenvalue weighted by Gasteiger charge is -2.03. The van der Waals surface area contributed by atoms with Gasteiger partial charge in [0.25, 0.3) is 0 Å². The molecule has 3 N–H and O–H groups in total. The summed E-state index contributed by atoms with van der Waals surface area (Å²) in [6.07, 6.45) is 5.32. The molecule has 0 amide bonds. The van der Waals surface area contributed by atoms with Crippen molar-refractivity contribution in [2.75, 3.05) is 6.54 Å². The van der Waals surface area contributed by atoms with Gasteiger partial charge in [-0.15, -0.1) is 0 Å². The summed E-state index contributed by atoms with van der Waals surface area (Å²) in [5.74, 6) is -2.22. The fraction of sp³-hybridized carbons (Fsp3) is 0.231. The molecular formula is C13H15BF4NO4-. The van der Waals surface area contributed by atoms with Crippen LogP contribution in [0.1, 0.15) is 32.7 Å². The van der Waals surface area contributed by atoms with E-state index >= 15 is 0 Å². The minimum absolute atomic E-state index is 0.0277. The Balaban J connectivity index is 0.000000396. The van der Waals surface area contributed by atoms with Crippen molar-refractivity contribution in [1.82, 2.24) is 5.32 Å². The van der Waals surface area contributed by atoms with Crippen LogP contribution < -0.4 is 5.32 Å². The summed E-state index contributed by atoms with van der Waals surface area (Å²) >= 11 is 0. The van der Waals surface area contributed by atoms with E-state index in [2.05, 4.69) is 11.4 Å². The highest BCUT2D eigenvalue weighted by molar-refractivity contribution is 6.50. The van der Waals surface area contributed by atoms with Crippen LogP contribution in [0.25, 0.3) is 0 Å². The molecule has 0 saturated heterocycles. The first kappa shape index (κ1) is 20.5. The molecule has 1 heterocycles. The molecule has 0 spiro atoms. The first-order valence-electron chi connectivity index (χ1n) is 6.36. The van der Waals surface area contributed by atoms with Crippen LogP contribution in [0, 0.1) is 6.92 Å². The largest absolute Gasteiger partial charge is 0.673 e. The third-order valence-corrected chi connectivity index (χ3v) is 2.49. The van der Waals surface area contributed by atoms with E-state index in [1.165, 1.54) is 31.5 Å². The first-order chi connectivity index (χ1) is 10.5. The topological polar surface area (TPSA) is 86.6 Å². The van der Waals surface area contributed by atoms with E-state index < -0.39 is 19.2 Å². The highest BCUT2D eigenvalue weighted by atomic mass is 19.5. The molecule has 0 aliphatic carbocycles. The molecule has 0 saturated carbocycles. The summed E-state index contributed by atoms with van der Waals surface area (Å²) < 4.78 is 39.0. The second-order valence-electron chi connectivity index (χ2n) is 4.23. The molecule has 10 heteroatoms. The molecule has 0 unspecified atom stereocenters. The molecule has 0 fully saturated rings. The summed E-state index contributed by atoms with van der Waals surface area (Å²) in [4.78, 5) is 21.2. The number of hydrogen-bond donors (Lipinski definition) is 3. The van der Waals surface area contributed by atoms with E-state index in [1.54, 1.807) is 0 Å². The maximum absolute atomic E-state index is 10.6. The fourth-order valence-corrected chi connectivity index (χ4v) is 1.52. The van der Waals surface area contributed by atoms with E-state index in [0.29, 0.717) is 0 Å². The van der Waals surface area contributed by atoms with E-state index in [1.807, 2.05) is 6.20 Å². The van der Waals surface area contributed by atoms with Crippen LogP contribution in [0.15, 0.2) is 30.5 Å². The molecule has 2 rings (SSSR count). The predicted octanol–water partition coefficient (Wildman–Crippen LogP) is 3.18. The molecule has 1 aromatic rings. The van der Waals surface area contributed by atoms with Crippen molar-refractivity contribution in [3.63, 3.8) is 0 Å². The molecule has 1 aromatic carbocycles. The van der Waals surface area contributed by atoms with E-state index in [4.69, 9.17) is 10.2 Å². The minimum Gasteiger partial charge on any atom is -0.478 e. The average molecular weight is 336 g/mol. The molecule has 0 bridgehead atoms. The molecule has 0 aromatic heterocycles. The van der Waals surface area contributed by atoms with Crippen molar-refractivity contribution in [2.45, 2.75) is 13.3 Å². The molecule has 23 heavy (non-hydrogen) atoms. The van der Waals surface area contributed by atoms with Crippen molar-refractivity contribution in [3.8, 4) is 0 Å². The smallest absolute Gasteiger partial charge is 0.478 e. The van der Waals surface area contributed by atoms with Gasteiger partial charge in [0.15, 0.2) is 0 Å². The third kappa shape index (κ3) is 9.94. The van der Waals surface area contributed by atoms with E-state index in [9.17, 15) is 26.9 Å². The standard InChI is InChI=1S/C9H8O4.C4H7N.BF4/c1-5-6(8(10)11)3-2-4-7(5)9(12)13;1-2-4-5-3-1;2-1(3,4)5/h2-4H,1H3,(H,10,11)(H,12,13);1,3,5H,2,4H2;/q;;-1. The van der Waals surface area contributed by atoms with E-state index in [-0.39, 0.29) is 16.7 Å². The van der Waals surface area contributed by atoms with Crippen molar-refractivity contribution in [3.05, 3.63) is 47.2 Å². The summed E-state index contributed by atoms with van der Waals surface area (Å²) in [5.41, 5.74) is 0.335. The second kappa shape index (κ2) is 9.49. The average Bonchev–Trinajstić information content (AvgIpc) is 2.95. The lowest BCUT2D eigenvalue weighted by Crippen LogP contribution is -2.06. The van der Waals surface area contributed by atoms with Crippen molar-refractivity contribution in [2.24, 2.45) is 0 Å².